The van der Waals surface area contributed by atoms with Crippen LogP contribution in [0.2, 0.25) is 0 Å². The molecule has 0 heterocycles. The highest BCUT2D eigenvalue weighted by molar-refractivity contribution is 8.09. The number of methoxy groups -OCH3 is 2. The van der Waals surface area contributed by atoms with Crippen LogP contribution in [0.25, 0.3) is 0 Å². The number of rotatable bonds is 9. The van der Waals surface area contributed by atoms with Crippen LogP contribution in [-0.4, -0.2) is 41.6 Å². The zero-order chi connectivity index (χ0) is 24.9. The van der Waals surface area contributed by atoms with Gasteiger partial charge in [-0.05, 0) is 42.0 Å². The quantitative estimate of drug-likeness (QED) is 0.325. The Morgan fingerprint density at radius 2 is 1.18 bits per heavy atom. The van der Waals surface area contributed by atoms with Crippen LogP contribution in [0.15, 0.2) is 107 Å². The number of sulfone groups is 2. The van der Waals surface area contributed by atoms with Crippen LogP contribution in [0.3, 0.4) is 0 Å². The standard InChI is InChI=1S/C25H24O7S2/c1-18(24(26)32-3)23(19-14-16-20(31-2)17-15-19)25(33(27,28)21-10-6-4-7-11-21)34(29,30)22-12-8-5-9-13-22/h4-17,23,25H,1H2,2-3H3/t23-/m0/s1. The molecule has 3 aromatic rings. The number of carbonyl (C=O) groups is 1. The van der Waals surface area contributed by atoms with Crippen LogP contribution in [0.4, 0.5) is 0 Å². The second kappa shape index (κ2) is 10.2. The molecule has 0 aliphatic heterocycles. The average Bonchev–Trinajstić information content (AvgIpc) is 2.87. The van der Waals surface area contributed by atoms with E-state index in [1.54, 1.807) is 24.3 Å². The molecule has 0 spiro atoms. The zero-order valence-corrected chi connectivity index (χ0v) is 20.3. The van der Waals surface area contributed by atoms with Crippen LogP contribution in [-0.2, 0) is 29.2 Å². The first-order valence-electron chi connectivity index (χ1n) is 10.1. The fraction of sp³-hybridized carbons (Fsp3) is 0.160. The van der Waals surface area contributed by atoms with Gasteiger partial charge >= 0.3 is 5.97 Å². The van der Waals surface area contributed by atoms with Crippen molar-refractivity contribution in [1.29, 1.82) is 0 Å². The molecule has 9 heteroatoms. The smallest absolute Gasteiger partial charge is 0.333 e. The number of hydrogen-bond donors (Lipinski definition) is 0. The first-order valence-corrected chi connectivity index (χ1v) is 13.2. The van der Waals surface area contributed by atoms with Gasteiger partial charge in [-0.25, -0.2) is 21.6 Å². The van der Waals surface area contributed by atoms with Crippen LogP contribution < -0.4 is 4.74 Å². The maximum Gasteiger partial charge on any atom is 0.333 e. The predicted octanol–water partition coefficient (Wildman–Crippen LogP) is 3.78. The third kappa shape index (κ3) is 4.90. The monoisotopic (exact) mass is 500 g/mol. The van der Waals surface area contributed by atoms with Gasteiger partial charge in [0.2, 0.25) is 0 Å². The van der Waals surface area contributed by atoms with E-state index >= 15 is 0 Å². The summed E-state index contributed by atoms with van der Waals surface area (Å²) in [5.41, 5.74) is -0.0584. The summed E-state index contributed by atoms with van der Waals surface area (Å²) < 4.78 is 63.5. The topological polar surface area (TPSA) is 104 Å². The molecule has 7 nitrogen and oxygen atoms in total. The summed E-state index contributed by atoms with van der Waals surface area (Å²) in [6.45, 7) is 3.75. The predicted molar refractivity (Wildman–Crippen MR) is 128 cm³/mol. The van der Waals surface area contributed by atoms with Gasteiger partial charge in [0.1, 0.15) is 5.75 Å². The summed E-state index contributed by atoms with van der Waals surface area (Å²) in [4.78, 5) is 12.1. The SMILES string of the molecule is C=C(C(=O)OC)[C@@H](c1ccc(OC)cc1)C(S(=O)(=O)c1ccccc1)S(=O)(=O)c1ccccc1. The summed E-state index contributed by atoms with van der Waals surface area (Å²) in [5, 5.41) is 0. The van der Waals surface area contributed by atoms with Crippen LogP contribution in [0, 0.1) is 0 Å². The van der Waals surface area contributed by atoms with Crippen molar-refractivity contribution in [3.05, 3.63) is 103 Å². The van der Waals surface area contributed by atoms with E-state index in [1.807, 2.05) is 0 Å². The second-order valence-electron chi connectivity index (χ2n) is 7.35. The molecular formula is C25H24O7S2. The third-order valence-corrected chi connectivity index (χ3v) is 10.5. The summed E-state index contributed by atoms with van der Waals surface area (Å²) in [6.07, 6.45) is 0. The highest BCUT2D eigenvalue weighted by atomic mass is 32.3. The Morgan fingerprint density at radius 3 is 1.56 bits per heavy atom. The first kappa shape index (κ1) is 25.2. The van der Waals surface area contributed by atoms with Crippen molar-refractivity contribution in [2.45, 2.75) is 20.3 Å². The van der Waals surface area contributed by atoms with Crippen LogP contribution in [0.1, 0.15) is 11.5 Å². The van der Waals surface area contributed by atoms with Crippen molar-refractivity contribution in [3.63, 3.8) is 0 Å². The molecule has 0 radical (unpaired) electrons. The lowest BCUT2D eigenvalue weighted by atomic mass is 9.93. The number of ether oxygens (including phenoxy) is 2. The molecule has 3 rings (SSSR count). The van der Waals surface area contributed by atoms with Gasteiger partial charge in [0.05, 0.1) is 24.0 Å². The van der Waals surface area contributed by atoms with Crippen LogP contribution in [0.5, 0.6) is 5.75 Å². The molecule has 0 N–H and O–H groups in total. The minimum Gasteiger partial charge on any atom is -0.497 e. The summed E-state index contributed by atoms with van der Waals surface area (Å²) in [5.74, 6) is -1.91. The van der Waals surface area contributed by atoms with E-state index in [2.05, 4.69) is 6.58 Å². The third-order valence-electron chi connectivity index (χ3n) is 5.33. The molecule has 0 aromatic heterocycles. The zero-order valence-electron chi connectivity index (χ0n) is 18.6. The van der Waals surface area contributed by atoms with E-state index < -0.39 is 36.1 Å². The Morgan fingerprint density at radius 1 is 0.735 bits per heavy atom. The summed E-state index contributed by atoms with van der Waals surface area (Å²) in [7, 11) is -6.51. The summed E-state index contributed by atoms with van der Waals surface area (Å²) >= 11 is 0. The maximum absolute atomic E-state index is 13.9. The van der Waals surface area contributed by atoms with Gasteiger partial charge in [-0.15, -0.1) is 0 Å². The number of hydrogen-bond acceptors (Lipinski definition) is 7. The Bertz CT molecular complexity index is 1290. The Hall–Kier alpha value is -3.43. The Kier molecular flexibility index (Phi) is 7.58. The average molecular weight is 501 g/mol. The fourth-order valence-corrected chi connectivity index (χ4v) is 8.58. The Balaban J connectivity index is 2.36. The molecular weight excluding hydrogens is 476 g/mol. The Labute approximate surface area is 199 Å². The molecule has 0 bridgehead atoms. The lowest BCUT2D eigenvalue weighted by Crippen LogP contribution is -2.38. The molecule has 34 heavy (non-hydrogen) atoms. The van der Waals surface area contributed by atoms with Gasteiger partial charge in [-0.2, -0.15) is 0 Å². The van der Waals surface area contributed by atoms with Crippen molar-refractivity contribution in [3.8, 4) is 5.75 Å². The summed E-state index contributed by atoms with van der Waals surface area (Å²) in [6, 6.07) is 20.6. The van der Waals surface area contributed by atoms with Gasteiger partial charge in [0, 0.05) is 11.5 Å². The highest BCUT2D eigenvalue weighted by Gasteiger charge is 2.48. The van der Waals surface area contributed by atoms with Crippen LogP contribution >= 0.6 is 0 Å². The molecule has 178 valence electrons. The van der Waals surface area contributed by atoms with E-state index in [0.717, 1.165) is 7.11 Å². The number of carbonyl (C=O) groups excluding carboxylic acids is 1. The molecule has 0 amide bonds. The molecule has 0 aliphatic rings. The second-order valence-corrected chi connectivity index (χ2v) is 11.8. The molecule has 0 fully saturated rings. The van der Waals surface area contributed by atoms with Crippen molar-refractivity contribution in [2.75, 3.05) is 14.2 Å². The van der Waals surface area contributed by atoms with Gasteiger partial charge in [0.15, 0.2) is 24.3 Å². The van der Waals surface area contributed by atoms with Crippen molar-refractivity contribution in [2.24, 2.45) is 0 Å². The first-order chi connectivity index (χ1) is 16.1. The highest BCUT2D eigenvalue weighted by Crippen LogP contribution is 2.40. The van der Waals surface area contributed by atoms with Crippen molar-refractivity contribution < 1.29 is 31.1 Å². The fourth-order valence-electron chi connectivity index (χ4n) is 3.61. The van der Waals surface area contributed by atoms with E-state index in [-0.39, 0.29) is 20.9 Å². The van der Waals surface area contributed by atoms with Gasteiger partial charge in [0.25, 0.3) is 0 Å². The van der Waals surface area contributed by atoms with E-state index in [4.69, 9.17) is 9.47 Å². The lowest BCUT2D eigenvalue weighted by molar-refractivity contribution is -0.136. The van der Waals surface area contributed by atoms with E-state index in [0.29, 0.717) is 5.75 Å². The van der Waals surface area contributed by atoms with Gasteiger partial charge in [-0.3, -0.25) is 0 Å². The van der Waals surface area contributed by atoms with Gasteiger partial charge in [-0.1, -0.05) is 55.1 Å². The van der Waals surface area contributed by atoms with Crippen molar-refractivity contribution in [1.82, 2.24) is 0 Å². The van der Waals surface area contributed by atoms with Crippen molar-refractivity contribution >= 4 is 25.6 Å². The molecule has 0 saturated heterocycles. The molecule has 0 saturated carbocycles. The molecule has 0 aliphatic carbocycles. The van der Waals surface area contributed by atoms with E-state index in [1.165, 1.54) is 67.8 Å². The molecule has 3 aromatic carbocycles. The maximum atomic E-state index is 13.9. The van der Waals surface area contributed by atoms with E-state index in [9.17, 15) is 21.6 Å². The van der Waals surface area contributed by atoms with Gasteiger partial charge < -0.3 is 9.47 Å². The number of benzene rings is 3. The normalized spacial score (nSPS) is 12.7. The minimum atomic E-state index is -4.54. The lowest BCUT2D eigenvalue weighted by Gasteiger charge is -2.28. The number of esters is 1. The minimum absolute atomic E-state index is 0.198. The largest absolute Gasteiger partial charge is 0.497 e. The molecule has 0 unspecified atom stereocenters. The molecule has 1 atom stereocenters.